The first kappa shape index (κ1) is 15.6. The molecule has 1 atom stereocenters. The second-order valence-electron chi connectivity index (χ2n) is 4.83. The summed E-state index contributed by atoms with van der Waals surface area (Å²) in [5, 5.41) is 18.7. The first-order valence-corrected chi connectivity index (χ1v) is 6.71. The molecule has 0 saturated heterocycles. The van der Waals surface area contributed by atoms with E-state index in [0.29, 0.717) is 16.9 Å². The Morgan fingerprint density at radius 3 is 2.45 bits per heavy atom. The van der Waals surface area contributed by atoms with Gasteiger partial charge in [-0.15, -0.1) is 0 Å². The lowest BCUT2D eigenvalue weighted by atomic mass is 9.90. The van der Waals surface area contributed by atoms with Crippen LogP contribution in [0.4, 0.5) is 0 Å². The van der Waals surface area contributed by atoms with Gasteiger partial charge in [-0.05, 0) is 35.7 Å². The Labute approximate surface area is 127 Å². The Balaban J connectivity index is 2.38. The van der Waals surface area contributed by atoms with E-state index in [1.807, 2.05) is 0 Å². The smallest absolute Gasteiger partial charge is 0.335 e. The standard InChI is InChI=1S/C17H16O5/c1-22-13-7-4-6-11(9-13)15(17(20)21)10-12-5-2-3-8-14(12)16(18)19/h2-9,15H,10H2,1H3,(H,18,19)(H,20,21). The zero-order valence-corrected chi connectivity index (χ0v) is 12.0. The van der Waals surface area contributed by atoms with Crippen molar-refractivity contribution < 1.29 is 24.5 Å². The molecule has 0 radical (unpaired) electrons. The summed E-state index contributed by atoms with van der Waals surface area (Å²) in [6, 6.07) is 13.2. The fraction of sp³-hybridized carbons (Fsp3) is 0.176. The Hall–Kier alpha value is -2.82. The van der Waals surface area contributed by atoms with Gasteiger partial charge in [0.1, 0.15) is 5.75 Å². The van der Waals surface area contributed by atoms with Crippen molar-refractivity contribution in [2.75, 3.05) is 7.11 Å². The zero-order valence-electron chi connectivity index (χ0n) is 12.0. The van der Waals surface area contributed by atoms with Gasteiger partial charge in [-0.3, -0.25) is 4.79 Å². The second kappa shape index (κ2) is 6.76. The van der Waals surface area contributed by atoms with Crippen LogP contribution < -0.4 is 4.74 Å². The van der Waals surface area contributed by atoms with Gasteiger partial charge in [-0.1, -0.05) is 30.3 Å². The quantitative estimate of drug-likeness (QED) is 0.857. The minimum atomic E-state index is -1.06. The highest BCUT2D eigenvalue weighted by molar-refractivity contribution is 5.89. The summed E-state index contributed by atoms with van der Waals surface area (Å²) in [5.41, 5.74) is 1.19. The van der Waals surface area contributed by atoms with Gasteiger partial charge in [0.2, 0.25) is 0 Å². The minimum Gasteiger partial charge on any atom is -0.497 e. The maximum atomic E-state index is 11.6. The highest BCUT2D eigenvalue weighted by atomic mass is 16.5. The molecule has 0 aliphatic rings. The molecule has 22 heavy (non-hydrogen) atoms. The molecule has 0 heterocycles. The van der Waals surface area contributed by atoms with E-state index >= 15 is 0 Å². The van der Waals surface area contributed by atoms with E-state index < -0.39 is 17.9 Å². The molecule has 0 bridgehead atoms. The minimum absolute atomic E-state index is 0.102. The SMILES string of the molecule is COc1cccc(C(Cc2ccccc2C(=O)O)C(=O)O)c1. The Morgan fingerprint density at radius 1 is 1.09 bits per heavy atom. The average molecular weight is 300 g/mol. The van der Waals surface area contributed by atoms with E-state index in [9.17, 15) is 19.8 Å². The first-order valence-electron chi connectivity index (χ1n) is 6.71. The zero-order chi connectivity index (χ0) is 16.1. The average Bonchev–Trinajstić information content (AvgIpc) is 2.52. The van der Waals surface area contributed by atoms with Crippen molar-refractivity contribution in [1.82, 2.24) is 0 Å². The van der Waals surface area contributed by atoms with Gasteiger partial charge in [0, 0.05) is 0 Å². The number of rotatable bonds is 6. The molecule has 114 valence electrons. The van der Waals surface area contributed by atoms with Crippen LogP contribution in [0, 0.1) is 0 Å². The maximum absolute atomic E-state index is 11.6. The van der Waals surface area contributed by atoms with Crippen LogP contribution in [0.5, 0.6) is 5.75 Å². The molecule has 1 unspecified atom stereocenters. The van der Waals surface area contributed by atoms with Crippen molar-refractivity contribution in [2.45, 2.75) is 12.3 Å². The van der Waals surface area contributed by atoms with Crippen molar-refractivity contribution in [2.24, 2.45) is 0 Å². The molecule has 5 nitrogen and oxygen atoms in total. The Kier molecular flexibility index (Phi) is 4.78. The third kappa shape index (κ3) is 3.44. The number of carboxylic acid groups (broad SMARTS) is 2. The number of hydrogen-bond acceptors (Lipinski definition) is 3. The molecule has 0 fully saturated rings. The van der Waals surface area contributed by atoms with Gasteiger partial charge in [0.25, 0.3) is 0 Å². The van der Waals surface area contributed by atoms with Crippen molar-refractivity contribution in [3.63, 3.8) is 0 Å². The summed E-state index contributed by atoms with van der Waals surface area (Å²) in [7, 11) is 1.51. The van der Waals surface area contributed by atoms with Crippen LogP contribution in [0.1, 0.15) is 27.4 Å². The summed E-state index contributed by atoms with van der Waals surface area (Å²) >= 11 is 0. The van der Waals surface area contributed by atoms with Crippen molar-refractivity contribution >= 4 is 11.9 Å². The number of carbonyl (C=O) groups is 2. The molecule has 2 rings (SSSR count). The van der Waals surface area contributed by atoms with E-state index in [1.165, 1.54) is 13.2 Å². The van der Waals surface area contributed by atoms with E-state index in [4.69, 9.17) is 4.74 Å². The fourth-order valence-corrected chi connectivity index (χ4v) is 2.33. The molecular weight excluding hydrogens is 284 g/mol. The lowest BCUT2D eigenvalue weighted by Crippen LogP contribution is -2.16. The van der Waals surface area contributed by atoms with Crippen LogP contribution in [0.3, 0.4) is 0 Å². The van der Waals surface area contributed by atoms with Gasteiger partial charge < -0.3 is 14.9 Å². The van der Waals surface area contributed by atoms with Crippen LogP contribution in [0.15, 0.2) is 48.5 Å². The molecular formula is C17H16O5. The van der Waals surface area contributed by atoms with Crippen LogP contribution in [-0.4, -0.2) is 29.3 Å². The van der Waals surface area contributed by atoms with Crippen molar-refractivity contribution in [3.8, 4) is 5.75 Å². The van der Waals surface area contributed by atoms with Gasteiger partial charge >= 0.3 is 11.9 Å². The largest absolute Gasteiger partial charge is 0.497 e. The summed E-state index contributed by atoms with van der Waals surface area (Å²) in [6.07, 6.45) is 0.102. The van der Waals surface area contributed by atoms with E-state index in [-0.39, 0.29) is 12.0 Å². The first-order chi connectivity index (χ1) is 10.5. The summed E-state index contributed by atoms with van der Waals surface area (Å²) < 4.78 is 5.11. The topological polar surface area (TPSA) is 83.8 Å². The van der Waals surface area contributed by atoms with E-state index in [0.717, 1.165) is 0 Å². The highest BCUT2D eigenvalue weighted by Gasteiger charge is 2.23. The predicted molar refractivity (Wildman–Crippen MR) is 80.5 cm³/mol. The normalized spacial score (nSPS) is 11.7. The molecule has 2 aromatic carbocycles. The van der Waals surface area contributed by atoms with E-state index in [2.05, 4.69) is 0 Å². The molecule has 0 spiro atoms. The van der Waals surface area contributed by atoms with Crippen molar-refractivity contribution in [1.29, 1.82) is 0 Å². The number of aromatic carboxylic acids is 1. The predicted octanol–water partition coefficient (Wildman–Crippen LogP) is 2.80. The lowest BCUT2D eigenvalue weighted by molar-refractivity contribution is -0.138. The molecule has 0 amide bonds. The highest BCUT2D eigenvalue weighted by Crippen LogP contribution is 2.26. The van der Waals surface area contributed by atoms with Crippen LogP contribution in [0.25, 0.3) is 0 Å². The summed E-state index contributed by atoms with van der Waals surface area (Å²) in [5.74, 6) is -2.34. The number of carboxylic acids is 2. The van der Waals surface area contributed by atoms with Gasteiger partial charge in [0.15, 0.2) is 0 Å². The van der Waals surface area contributed by atoms with Gasteiger partial charge in [-0.2, -0.15) is 0 Å². The fourth-order valence-electron chi connectivity index (χ4n) is 2.33. The molecule has 0 aliphatic carbocycles. The number of ether oxygens (including phenoxy) is 1. The second-order valence-corrected chi connectivity index (χ2v) is 4.83. The molecule has 5 heteroatoms. The molecule has 0 saturated carbocycles. The van der Waals surface area contributed by atoms with Crippen LogP contribution in [0.2, 0.25) is 0 Å². The molecule has 0 aliphatic heterocycles. The molecule has 2 N–H and O–H groups in total. The van der Waals surface area contributed by atoms with Gasteiger partial charge in [0.05, 0.1) is 18.6 Å². The van der Waals surface area contributed by atoms with Gasteiger partial charge in [-0.25, -0.2) is 4.79 Å². The monoisotopic (exact) mass is 300 g/mol. The third-order valence-electron chi connectivity index (χ3n) is 3.47. The number of hydrogen-bond donors (Lipinski definition) is 2. The lowest BCUT2D eigenvalue weighted by Gasteiger charge is -2.15. The Morgan fingerprint density at radius 2 is 1.82 bits per heavy atom. The third-order valence-corrected chi connectivity index (χ3v) is 3.47. The number of methoxy groups -OCH3 is 1. The maximum Gasteiger partial charge on any atom is 0.335 e. The summed E-state index contributed by atoms with van der Waals surface area (Å²) in [4.78, 5) is 22.8. The Bertz CT molecular complexity index is 693. The van der Waals surface area contributed by atoms with Crippen molar-refractivity contribution in [3.05, 3.63) is 65.2 Å². The number of benzene rings is 2. The van der Waals surface area contributed by atoms with Crippen LogP contribution in [-0.2, 0) is 11.2 Å². The number of aliphatic carboxylic acids is 1. The summed E-state index contributed by atoms with van der Waals surface area (Å²) in [6.45, 7) is 0. The van der Waals surface area contributed by atoms with E-state index in [1.54, 1.807) is 42.5 Å². The van der Waals surface area contributed by atoms with Crippen LogP contribution >= 0.6 is 0 Å². The molecule has 2 aromatic rings. The molecule has 0 aromatic heterocycles.